The molecule has 0 atom stereocenters. The smallest absolute Gasteiger partial charge is 0.236 e. The zero-order chi connectivity index (χ0) is 14.1. The van der Waals surface area contributed by atoms with Crippen molar-refractivity contribution in [3.05, 3.63) is 23.4 Å². The van der Waals surface area contributed by atoms with E-state index in [-0.39, 0.29) is 35.2 Å². The van der Waals surface area contributed by atoms with Crippen LogP contribution >= 0.6 is 11.6 Å². The highest BCUT2D eigenvalue weighted by Gasteiger charge is 2.33. The van der Waals surface area contributed by atoms with Crippen LogP contribution in [0, 0.1) is 0 Å². The number of sulfone groups is 1. The number of anilines is 1. The molecule has 0 aliphatic carbocycles. The predicted molar refractivity (Wildman–Crippen MR) is 73.5 cm³/mol. The summed E-state index contributed by atoms with van der Waals surface area (Å²) >= 11 is 5.83. The van der Waals surface area contributed by atoms with E-state index in [9.17, 15) is 16.8 Å². The fraction of sp³-hybridized carbons (Fsp3) is 0.500. The fourth-order valence-corrected chi connectivity index (χ4v) is 5.33. The van der Waals surface area contributed by atoms with Crippen LogP contribution in [-0.4, -0.2) is 38.6 Å². The summed E-state index contributed by atoms with van der Waals surface area (Å²) in [5.41, 5.74) is 0. The summed E-state index contributed by atoms with van der Waals surface area (Å²) in [6.45, 7) is 0. The molecule has 2 rings (SSSR count). The molecule has 1 aromatic heterocycles. The third-order valence-electron chi connectivity index (χ3n) is 2.94. The molecule has 0 amide bonds. The van der Waals surface area contributed by atoms with Gasteiger partial charge in [0.15, 0.2) is 5.82 Å². The van der Waals surface area contributed by atoms with Crippen LogP contribution < -0.4 is 4.72 Å². The van der Waals surface area contributed by atoms with Crippen LogP contribution in [0.25, 0.3) is 0 Å². The van der Waals surface area contributed by atoms with E-state index in [0.29, 0.717) is 0 Å². The summed E-state index contributed by atoms with van der Waals surface area (Å²) in [4.78, 5) is 3.85. The number of sulfonamides is 1. The van der Waals surface area contributed by atoms with Gasteiger partial charge in [-0.3, -0.25) is 4.72 Å². The topological polar surface area (TPSA) is 93.2 Å². The van der Waals surface area contributed by atoms with Crippen LogP contribution in [0.3, 0.4) is 0 Å². The Morgan fingerprint density at radius 1 is 1.32 bits per heavy atom. The van der Waals surface area contributed by atoms with Crippen molar-refractivity contribution in [3.63, 3.8) is 0 Å². The van der Waals surface area contributed by atoms with E-state index < -0.39 is 25.1 Å². The number of halogens is 1. The molecular formula is C10H13ClN2O4S2. The van der Waals surface area contributed by atoms with Crippen LogP contribution in [0.1, 0.15) is 12.8 Å². The molecule has 1 fully saturated rings. The van der Waals surface area contributed by atoms with Gasteiger partial charge < -0.3 is 0 Å². The molecule has 2 heterocycles. The summed E-state index contributed by atoms with van der Waals surface area (Å²) in [7, 11) is -6.76. The minimum absolute atomic E-state index is 0.0672. The monoisotopic (exact) mass is 324 g/mol. The van der Waals surface area contributed by atoms with Crippen LogP contribution in [0.2, 0.25) is 5.02 Å². The molecule has 1 saturated heterocycles. The molecule has 1 aliphatic heterocycles. The number of hydrogen-bond donors (Lipinski definition) is 1. The zero-order valence-corrected chi connectivity index (χ0v) is 12.3. The van der Waals surface area contributed by atoms with Crippen molar-refractivity contribution in [1.29, 1.82) is 0 Å². The molecule has 0 spiro atoms. The predicted octanol–water partition coefficient (Wildman–Crippen LogP) is 1.05. The number of nitrogens with one attached hydrogen (secondary N) is 1. The van der Waals surface area contributed by atoms with Gasteiger partial charge in [0.2, 0.25) is 10.0 Å². The normalized spacial score (nSPS) is 20.1. The molecule has 106 valence electrons. The Balaban J connectivity index is 2.14. The quantitative estimate of drug-likeness (QED) is 0.897. The lowest BCUT2D eigenvalue weighted by Gasteiger charge is -2.22. The number of aromatic nitrogens is 1. The van der Waals surface area contributed by atoms with Gasteiger partial charge in [0.25, 0.3) is 0 Å². The third-order valence-corrected chi connectivity index (χ3v) is 6.79. The summed E-state index contributed by atoms with van der Waals surface area (Å²) < 4.78 is 49.1. The first-order valence-corrected chi connectivity index (χ1v) is 9.37. The van der Waals surface area contributed by atoms with Crippen molar-refractivity contribution in [3.8, 4) is 0 Å². The van der Waals surface area contributed by atoms with Crippen LogP contribution in [-0.2, 0) is 19.9 Å². The summed E-state index contributed by atoms with van der Waals surface area (Å²) in [5.74, 6) is -0.138. The van der Waals surface area contributed by atoms with Gasteiger partial charge in [-0.1, -0.05) is 11.6 Å². The number of pyridine rings is 1. The first-order chi connectivity index (χ1) is 8.80. The minimum Gasteiger partial charge on any atom is -0.266 e. The highest BCUT2D eigenvalue weighted by molar-refractivity contribution is 7.94. The van der Waals surface area contributed by atoms with Crippen LogP contribution in [0.15, 0.2) is 18.3 Å². The number of rotatable bonds is 3. The maximum atomic E-state index is 12.1. The molecule has 0 saturated carbocycles. The Morgan fingerprint density at radius 2 is 1.95 bits per heavy atom. The maximum Gasteiger partial charge on any atom is 0.236 e. The second kappa shape index (κ2) is 5.26. The van der Waals surface area contributed by atoms with Crippen molar-refractivity contribution in [2.45, 2.75) is 18.1 Å². The molecule has 0 radical (unpaired) electrons. The van der Waals surface area contributed by atoms with Gasteiger partial charge in [0, 0.05) is 6.20 Å². The standard InChI is InChI=1S/C10H13ClN2O4S2/c11-9-2-1-5-12-10(9)13-19(16,17)8-3-6-18(14,15)7-4-8/h1-2,5,8H,3-4,6-7H2,(H,12,13). The Bertz CT molecular complexity index is 659. The van der Waals surface area contributed by atoms with Gasteiger partial charge >= 0.3 is 0 Å². The molecule has 1 N–H and O–H groups in total. The average molecular weight is 325 g/mol. The lowest BCUT2D eigenvalue weighted by atomic mass is 10.2. The molecular weight excluding hydrogens is 312 g/mol. The van der Waals surface area contributed by atoms with E-state index in [4.69, 9.17) is 11.6 Å². The third kappa shape index (κ3) is 3.58. The molecule has 1 aliphatic rings. The fourth-order valence-electron chi connectivity index (χ4n) is 1.86. The van der Waals surface area contributed by atoms with Gasteiger partial charge in [-0.25, -0.2) is 21.8 Å². The highest BCUT2D eigenvalue weighted by Crippen LogP contribution is 2.24. The van der Waals surface area contributed by atoms with Gasteiger partial charge in [-0.2, -0.15) is 0 Å². The van der Waals surface area contributed by atoms with Gasteiger partial charge in [0.05, 0.1) is 21.8 Å². The second-order valence-corrected chi connectivity index (χ2v) is 9.00. The lowest BCUT2D eigenvalue weighted by molar-refractivity contribution is 0.555. The van der Waals surface area contributed by atoms with Crippen molar-refractivity contribution in [2.24, 2.45) is 0 Å². The first kappa shape index (κ1) is 14.5. The number of hydrogen-bond acceptors (Lipinski definition) is 5. The zero-order valence-electron chi connectivity index (χ0n) is 9.91. The van der Waals surface area contributed by atoms with Gasteiger partial charge in [-0.05, 0) is 25.0 Å². The van der Waals surface area contributed by atoms with Crippen molar-refractivity contribution in [2.75, 3.05) is 16.2 Å². The van der Waals surface area contributed by atoms with Crippen molar-refractivity contribution >= 4 is 37.3 Å². The molecule has 19 heavy (non-hydrogen) atoms. The van der Waals surface area contributed by atoms with Crippen LogP contribution in [0.4, 0.5) is 5.82 Å². The highest BCUT2D eigenvalue weighted by atomic mass is 35.5. The molecule has 6 nitrogen and oxygen atoms in total. The lowest BCUT2D eigenvalue weighted by Crippen LogP contribution is -2.36. The minimum atomic E-state index is -3.67. The van der Waals surface area contributed by atoms with Gasteiger partial charge in [0.1, 0.15) is 9.84 Å². The van der Waals surface area contributed by atoms with E-state index in [1.54, 1.807) is 6.07 Å². The average Bonchev–Trinajstić information content (AvgIpc) is 2.31. The molecule has 9 heteroatoms. The Morgan fingerprint density at radius 3 is 2.53 bits per heavy atom. The molecule has 0 aromatic carbocycles. The van der Waals surface area contributed by atoms with Crippen molar-refractivity contribution in [1.82, 2.24) is 4.98 Å². The largest absolute Gasteiger partial charge is 0.266 e. The number of nitrogens with zero attached hydrogens (tertiary/aromatic N) is 1. The van der Waals surface area contributed by atoms with E-state index in [0.717, 1.165) is 0 Å². The van der Waals surface area contributed by atoms with Crippen LogP contribution in [0.5, 0.6) is 0 Å². The molecule has 0 unspecified atom stereocenters. The van der Waals surface area contributed by atoms with E-state index >= 15 is 0 Å². The van der Waals surface area contributed by atoms with E-state index in [2.05, 4.69) is 9.71 Å². The Hall–Kier alpha value is -0.860. The molecule has 0 bridgehead atoms. The SMILES string of the molecule is O=S1(=O)CCC(S(=O)(=O)Nc2ncccc2Cl)CC1. The summed E-state index contributed by atoms with van der Waals surface area (Å²) in [6, 6.07) is 3.12. The second-order valence-electron chi connectivity index (χ2n) is 4.33. The maximum absolute atomic E-state index is 12.1. The Labute approximate surface area is 117 Å². The van der Waals surface area contributed by atoms with Gasteiger partial charge in [-0.15, -0.1) is 0 Å². The molecule has 1 aromatic rings. The van der Waals surface area contributed by atoms with E-state index in [1.807, 2.05) is 0 Å². The first-order valence-electron chi connectivity index (χ1n) is 5.63. The Kier molecular flexibility index (Phi) is 4.03. The summed E-state index contributed by atoms with van der Waals surface area (Å²) in [5, 5.41) is -0.524. The van der Waals surface area contributed by atoms with E-state index in [1.165, 1.54) is 12.3 Å². The summed E-state index contributed by atoms with van der Waals surface area (Å²) in [6.07, 6.45) is 1.62. The van der Waals surface area contributed by atoms with Crippen molar-refractivity contribution < 1.29 is 16.8 Å².